The summed E-state index contributed by atoms with van der Waals surface area (Å²) < 4.78 is 10.7. The molecule has 1 aromatic heterocycles. The van der Waals surface area contributed by atoms with Crippen LogP contribution < -0.4 is 10.6 Å². The average molecular weight is 352 g/mol. The molecule has 0 saturated carbocycles. The number of hydrogen-bond acceptors (Lipinski definition) is 4. The summed E-state index contributed by atoms with van der Waals surface area (Å²) in [6.45, 7) is 2.47. The summed E-state index contributed by atoms with van der Waals surface area (Å²) in [4.78, 5) is 24.6. The molecule has 0 radical (unpaired) electrons. The highest BCUT2D eigenvalue weighted by Crippen LogP contribution is 2.15. The molecule has 134 valence electrons. The van der Waals surface area contributed by atoms with Gasteiger partial charge in [-0.25, -0.2) is 0 Å². The maximum Gasteiger partial charge on any atom is 0.291 e. The Bertz CT molecular complexity index is 824. The third kappa shape index (κ3) is 4.29. The molecule has 26 heavy (non-hydrogen) atoms. The Morgan fingerprint density at radius 1 is 1.12 bits per heavy atom. The zero-order chi connectivity index (χ0) is 18.4. The van der Waals surface area contributed by atoms with Crippen LogP contribution >= 0.6 is 0 Å². The number of nitrogens with one attached hydrogen (secondary N) is 2. The molecule has 0 bridgehead atoms. The van der Waals surface area contributed by atoms with Crippen molar-refractivity contribution in [2.45, 2.75) is 19.1 Å². The average Bonchev–Trinajstić information content (AvgIpc) is 3.19. The molecule has 2 unspecified atom stereocenters. The fourth-order valence-electron chi connectivity index (χ4n) is 2.64. The third-order valence-corrected chi connectivity index (χ3v) is 3.87. The van der Waals surface area contributed by atoms with E-state index < -0.39 is 0 Å². The van der Waals surface area contributed by atoms with Crippen LogP contribution in [0, 0.1) is 0 Å². The van der Waals surface area contributed by atoms with Gasteiger partial charge >= 0.3 is 0 Å². The molecule has 0 aliphatic heterocycles. The molecule has 6 nitrogen and oxygen atoms in total. The lowest BCUT2D eigenvalue weighted by molar-refractivity contribution is 0.0692. The second kappa shape index (κ2) is 8.31. The van der Waals surface area contributed by atoms with Crippen LogP contribution in [0.2, 0.25) is 0 Å². The van der Waals surface area contributed by atoms with E-state index in [4.69, 9.17) is 9.15 Å². The summed E-state index contributed by atoms with van der Waals surface area (Å²) in [5.74, 6) is -0.406. The van der Waals surface area contributed by atoms with Gasteiger partial charge in [0.05, 0.1) is 18.4 Å². The number of carbonyl (C=O) groups is 2. The topological polar surface area (TPSA) is 80.6 Å². The standard InChI is InChI=1S/C20H20N2O4/c1-2-25-17-10-4-3-9-16(17)22-19(23)14-7-5-8-15(13-14)21-20(24)18-11-6-12-26-18/h3-13,16-17H,2H2,1H3,(H,21,24)(H,22,23). The number of hydrogen-bond donors (Lipinski definition) is 2. The summed E-state index contributed by atoms with van der Waals surface area (Å²) in [5, 5.41) is 5.65. The Hall–Kier alpha value is -3.12. The number of furan rings is 1. The molecule has 0 saturated heterocycles. The van der Waals surface area contributed by atoms with Crippen LogP contribution in [0.15, 0.2) is 71.4 Å². The van der Waals surface area contributed by atoms with Gasteiger partial charge in [0.2, 0.25) is 0 Å². The summed E-state index contributed by atoms with van der Waals surface area (Å²) in [7, 11) is 0. The van der Waals surface area contributed by atoms with Crippen molar-refractivity contribution in [2.75, 3.05) is 11.9 Å². The largest absolute Gasteiger partial charge is 0.459 e. The molecule has 6 heteroatoms. The van der Waals surface area contributed by atoms with Crippen LogP contribution in [0.1, 0.15) is 27.8 Å². The van der Waals surface area contributed by atoms with Crippen molar-refractivity contribution in [1.29, 1.82) is 0 Å². The van der Waals surface area contributed by atoms with E-state index in [1.165, 1.54) is 6.26 Å². The molecule has 1 aliphatic rings. The zero-order valence-electron chi connectivity index (χ0n) is 14.3. The Labute approximate surface area is 151 Å². The number of rotatable bonds is 6. The van der Waals surface area contributed by atoms with Gasteiger partial charge in [0.1, 0.15) is 0 Å². The van der Waals surface area contributed by atoms with Crippen LogP contribution in [-0.2, 0) is 4.74 Å². The van der Waals surface area contributed by atoms with Gasteiger partial charge in [-0.05, 0) is 37.3 Å². The SMILES string of the molecule is CCOC1C=CC=CC1NC(=O)c1cccc(NC(=O)c2ccco2)c1. The van der Waals surface area contributed by atoms with Crippen LogP contribution in [-0.4, -0.2) is 30.6 Å². The van der Waals surface area contributed by atoms with E-state index >= 15 is 0 Å². The highest BCUT2D eigenvalue weighted by atomic mass is 16.5. The Kier molecular flexibility index (Phi) is 5.66. The predicted molar refractivity (Wildman–Crippen MR) is 98.1 cm³/mol. The fraction of sp³-hybridized carbons (Fsp3) is 0.200. The second-order valence-electron chi connectivity index (χ2n) is 5.70. The molecular formula is C20H20N2O4. The third-order valence-electron chi connectivity index (χ3n) is 3.87. The van der Waals surface area contributed by atoms with Gasteiger partial charge in [-0.1, -0.05) is 30.4 Å². The van der Waals surface area contributed by atoms with Crippen molar-refractivity contribution in [1.82, 2.24) is 5.32 Å². The lowest BCUT2D eigenvalue weighted by atomic mass is 10.0. The van der Waals surface area contributed by atoms with Crippen molar-refractivity contribution < 1.29 is 18.7 Å². The molecule has 3 rings (SSSR count). The van der Waals surface area contributed by atoms with Gasteiger partial charge in [-0.15, -0.1) is 0 Å². The van der Waals surface area contributed by atoms with Gasteiger partial charge in [0.15, 0.2) is 5.76 Å². The normalized spacial score (nSPS) is 18.5. The van der Waals surface area contributed by atoms with Crippen molar-refractivity contribution in [3.05, 3.63) is 78.3 Å². The summed E-state index contributed by atoms with van der Waals surface area (Å²) in [5.41, 5.74) is 0.958. The predicted octanol–water partition coefficient (Wildman–Crippen LogP) is 3.16. The minimum atomic E-state index is -0.371. The van der Waals surface area contributed by atoms with Crippen molar-refractivity contribution in [3.8, 4) is 0 Å². The van der Waals surface area contributed by atoms with Crippen molar-refractivity contribution >= 4 is 17.5 Å². The maximum atomic E-state index is 12.6. The van der Waals surface area contributed by atoms with E-state index in [2.05, 4.69) is 10.6 Å². The zero-order valence-corrected chi connectivity index (χ0v) is 14.3. The van der Waals surface area contributed by atoms with Crippen LogP contribution in [0.25, 0.3) is 0 Å². The highest BCUT2D eigenvalue weighted by molar-refractivity contribution is 6.03. The first-order valence-corrected chi connectivity index (χ1v) is 8.39. The Balaban J connectivity index is 1.67. The van der Waals surface area contributed by atoms with Crippen molar-refractivity contribution in [3.63, 3.8) is 0 Å². The van der Waals surface area contributed by atoms with E-state index in [1.54, 1.807) is 36.4 Å². The van der Waals surface area contributed by atoms with Crippen LogP contribution in [0.4, 0.5) is 5.69 Å². The number of benzene rings is 1. The quantitative estimate of drug-likeness (QED) is 0.837. The number of ether oxygens (including phenoxy) is 1. The first-order chi connectivity index (χ1) is 12.7. The number of allylic oxidation sites excluding steroid dienone is 2. The smallest absolute Gasteiger partial charge is 0.291 e. The summed E-state index contributed by atoms with van der Waals surface area (Å²) in [6, 6.07) is 9.70. The molecule has 1 aliphatic carbocycles. The lowest BCUT2D eigenvalue weighted by Crippen LogP contribution is -2.43. The molecule has 2 atom stereocenters. The molecule has 2 amide bonds. The molecule has 2 aromatic rings. The maximum absolute atomic E-state index is 12.6. The van der Waals surface area contributed by atoms with Crippen molar-refractivity contribution in [2.24, 2.45) is 0 Å². The molecule has 1 heterocycles. The van der Waals surface area contributed by atoms with Gasteiger partial charge in [-0.3, -0.25) is 9.59 Å². The number of amides is 2. The first-order valence-electron chi connectivity index (χ1n) is 8.39. The molecule has 2 N–H and O–H groups in total. The monoisotopic (exact) mass is 352 g/mol. The Morgan fingerprint density at radius 2 is 1.96 bits per heavy atom. The minimum absolute atomic E-state index is 0.198. The van der Waals surface area contributed by atoms with Crippen LogP contribution in [0.3, 0.4) is 0 Å². The van der Waals surface area contributed by atoms with E-state index in [1.807, 2.05) is 31.2 Å². The van der Waals surface area contributed by atoms with Gasteiger partial charge in [0, 0.05) is 17.9 Å². The van der Waals surface area contributed by atoms with Gasteiger partial charge < -0.3 is 19.8 Å². The second-order valence-corrected chi connectivity index (χ2v) is 5.70. The minimum Gasteiger partial charge on any atom is -0.459 e. The molecular weight excluding hydrogens is 332 g/mol. The van der Waals surface area contributed by atoms with E-state index in [-0.39, 0.29) is 29.7 Å². The number of carbonyl (C=O) groups excluding carboxylic acids is 2. The summed E-state index contributed by atoms with van der Waals surface area (Å²) >= 11 is 0. The lowest BCUT2D eigenvalue weighted by Gasteiger charge is -2.25. The summed E-state index contributed by atoms with van der Waals surface area (Å²) in [6.07, 6.45) is 8.80. The fourth-order valence-corrected chi connectivity index (χ4v) is 2.64. The van der Waals surface area contributed by atoms with Gasteiger partial charge in [-0.2, -0.15) is 0 Å². The highest BCUT2D eigenvalue weighted by Gasteiger charge is 2.21. The van der Waals surface area contributed by atoms with Crippen LogP contribution in [0.5, 0.6) is 0 Å². The van der Waals surface area contributed by atoms with E-state index in [9.17, 15) is 9.59 Å². The first kappa shape index (κ1) is 17.7. The molecule has 0 spiro atoms. The van der Waals surface area contributed by atoms with E-state index in [0.29, 0.717) is 17.9 Å². The van der Waals surface area contributed by atoms with Gasteiger partial charge in [0.25, 0.3) is 11.8 Å². The Morgan fingerprint density at radius 3 is 2.73 bits per heavy atom. The molecule has 0 fully saturated rings. The molecule has 1 aromatic carbocycles. The van der Waals surface area contributed by atoms with E-state index in [0.717, 1.165) is 0 Å². The number of anilines is 1.